The molecule has 3 aromatic rings. The molecule has 0 amide bonds. The summed E-state index contributed by atoms with van der Waals surface area (Å²) in [5.41, 5.74) is 0.856. The van der Waals surface area contributed by atoms with Crippen molar-refractivity contribution in [2.75, 3.05) is 18.6 Å². The van der Waals surface area contributed by atoms with Gasteiger partial charge in [0.1, 0.15) is 27.1 Å². The smallest absolute Gasteiger partial charge is 0.348 e. The highest BCUT2D eigenvalue weighted by molar-refractivity contribution is 7.20. The Morgan fingerprint density at radius 2 is 2.17 bits per heavy atom. The number of thiophene rings is 1. The van der Waals surface area contributed by atoms with Crippen molar-refractivity contribution < 1.29 is 13.9 Å². The molecule has 0 spiro atoms. The zero-order chi connectivity index (χ0) is 17.3. The van der Waals surface area contributed by atoms with Gasteiger partial charge < -0.3 is 14.1 Å². The number of carbonyl (C=O) groups excluding carboxylic acids is 1. The third kappa shape index (κ3) is 2.99. The number of anilines is 1. The lowest BCUT2D eigenvalue weighted by molar-refractivity contribution is 0.0531. The average molecular weight is 345 g/mol. The standard InChI is InChI=1S/C17H19N3O3S/c1-5-22-17(21)14-10(2)13-15(18-11(3)19-16(13)24-14)20(4)9-12-7-6-8-23-12/h6-8H,5,9H2,1-4H3. The van der Waals surface area contributed by atoms with Crippen LogP contribution < -0.4 is 4.90 Å². The van der Waals surface area contributed by atoms with Gasteiger partial charge in [-0.25, -0.2) is 14.8 Å². The monoisotopic (exact) mass is 345 g/mol. The maximum Gasteiger partial charge on any atom is 0.348 e. The summed E-state index contributed by atoms with van der Waals surface area (Å²) >= 11 is 1.35. The van der Waals surface area contributed by atoms with E-state index in [0.717, 1.165) is 27.4 Å². The predicted molar refractivity (Wildman–Crippen MR) is 93.7 cm³/mol. The second-order valence-electron chi connectivity index (χ2n) is 5.49. The number of carbonyl (C=O) groups is 1. The van der Waals surface area contributed by atoms with E-state index in [9.17, 15) is 4.79 Å². The molecule has 0 aromatic carbocycles. The Hall–Kier alpha value is -2.41. The lowest BCUT2D eigenvalue weighted by atomic mass is 10.2. The highest BCUT2D eigenvalue weighted by atomic mass is 32.1. The Balaban J connectivity index is 2.08. The van der Waals surface area contributed by atoms with Gasteiger partial charge in [0, 0.05) is 7.05 Å². The Kier molecular flexibility index (Phi) is 4.53. The minimum atomic E-state index is -0.310. The van der Waals surface area contributed by atoms with E-state index in [1.54, 1.807) is 13.2 Å². The molecule has 0 N–H and O–H groups in total. The number of aryl methyl sites for hydroxylation is 2. The lowest BCUT2D eigenvalue weighted by Gasteiger charge is -2.18. The number of furan rings is 1. The molecular weight excluding hydrogens is 326 g/mol. The van der Waals surface area contributed by atoms with Crippen LogP contribution in [0.5, 0.6) is 0 Å². The highest BCUT2D eigenvalue weighted by Gasteiger charge is 2.22. The minimum Gasteiger partial charge on any atom is -0.467 e. The second-order valence-corrected chi connectivity index (χ2v) is 6.49. The van der Waals surface area contributed by atoms with Crippen molar-refractivity contribution in [1.29, 1.82) is 0 Å². The van der Waals surface area contributed by atoms with Crippen LogP contribution in [0.4, 0.5) is 5.82 Å². The topological polar surface area (TPSA) is 68.5 Å². The van der Waals surface area contributed by atoms with Gasteiger partial charge in [-0.1, -0.05) is 0 Å². The van der Waals surface area contributed by atoms with Crippen LogP contribution in [0.15, 0.2) is 22.8 Å². The fourth-order valence-electron chi connectivity index (χ4n) is 2.60. The summed E-state index contributed by atoms with van der Waals surface area (Å²) in [6.07, 6.45) is 1.65. The summed E-state index contributed by atoms with van der Waals surface area (Å²) in [6.45, 7) is 6.49. The van der Waals surface area contributed by atoms with Crippen LogP contribution in [0.25, 0.3) is 10.2 Å². The Morgan fingerprint density at radius 3 is 2.83 bits per heavy atom. The molecule has 24 heavy (non-hydrogen) atoms. The van der Waals surface area contributed by atoms with Crippen LogP contribution in [0, 0.1) is 13.8 Å². The van der Waals surface area contributed by atoms with Crippen LogP contribution in [0.2, 0.25) is 0 Å². The molecular formula is C17H19N3O3S. The molecule has 0 aliphatic rings. The van der Waals surface area contributed by atoms with Crippen LogP contribution in [-0.4, -0.2) is 29.6 Å². The number of hydrogen-bond acceptors (Lipinski definition) is 7. The first-order valence-electron chi connectivity index (χ1n) is 7.69. The predicted octanol–water partition coefficient (Wildman–Crippen LogP) is 3.71. The molecule has 0 fully saturated rings. The van der Waals surface area contributed by atoms with Crippen molar-refractivity contribution in [3.63, 3.8) is 0 Å². The van der Waals surface area contributed by atoms with E-state index in [1.165, 1.54) is 11.3 Å². The maximum atomic E-state index is 12.2. The highest BCUT2D eigenvalue weighted by Crippen LogP contribution is 2.35. The van der Waals surface area contributed by atoms with E-state index in [-0.39, 0.29) is 5.97 Å². The zero-order valence-electron chi connectivity index (χ0n) is 14.1. The van der Waals surface area contributed by atoms with E-state index in [2.05, 4.69) is 9.97 Å². The molecule has 0 aliphatic heterocycles. The third-order valence-corrected chi connectivity index (χ3v) is 4.84. The van der Waals surface area contributed by atoms with Gasteiger partial charge >= 0.3 is 5.97 Å². The van der Waals surface area contributed by atoms with Crippen molar-refractivity contribution in [3.8, 4) is 0 Å². The van der Waals surface area contributed by atoms with Gasteiger partial charge in [-0.2, -0.15) is 0 Å². The molecule has 6 nitrogen and oxygen atoms in total. The Labute approximate surface area is 144 Å². The van der Waals surface area contributed by atoms with Gasteiger partial charge in [0.05, 0.1) is 24.8 Å². The Morgan fingerprint density at radius 1 is 1.38 bits per heavy atom. The fraction of sp³-hybridized carbons (Fsp3) is 0.353. The van der Waals surface area contributed by atoms with Gasteiger partial charge in [0.15, 0.2) is 0 Å². The summed E-state index contributed by atoms with van der Waals surface area (Å²) in [5, 5.41) is 0.891. The van der Waals surface area contributed by atoms with E-state index < -0.39 is 0 Å². The van der Waals surface area contributed by atoms with Crippen LogP contribution in [-0.2, 0) is 11.3 Å². The van der Waals surface area contributed by atoms with Gasteiger partial charge in [-0.05, 0) is 38.5 Å². The van der Waals surface area contributed by atoms with Crippen LogP contribution in [0.3, 0.4) is 0 Å². The first-order valence-corrected chi connectivity index (χ1v) is 8.51. The SMILES string of the molecule is CCOC(=O)c1sc2nc(C)nc(N(C)Cc3ccco3)c2c1C. The number of hydrogen-bond donors (Lipinski definition) is 0. The first-order chi connectivity index (χ1) is 11.5. The molecule has 0 bridgehead atoms. The van der Waals surface area contributed by atoms with Gasteiger partial charge in [0.25, 0.3) is 0 Å². The van der Waals surface area contributed by atoms with Crippen molar-refractivity contribution in [3.05, 3.63) is 40.4 Å². The number of nitrogens with zero attached hydrogens (tertiary/aromatic N) is 3. The van der Waals surface area contributed by atoms with E-state index >= 15 is 0 Å². The number of aromatic nitrogens is 2. The first kappa shape index (κ1) is 16.4. The Bertz CT molecular complexity index is 871. The molecule has 0 aliphatic carbocycles. The summed E-state index contributed by atoms with van der Waals surface area (Å²) in [7, 11) is 1.95. The molecule has 3 rings (SSSR count). The number of esters is 1. The molecule has 0 atom stereocenters. The molecule has 0 unspecified atom stereocenters. The van der Waals surface area contributed by atoms with Gasteiger partial charge in [-0.15, -0.1) is 11.3 Å². The van der Waals surface area contributed by atoms with Crippen molar-refractivity contribution in [2.45, 2.75) is 27.3 Å². The van der Waals surface area contributed by atoms with E-state index in [0.29, 0.717) is 23.9 Å². The van der Waals surface area contributed by atoms with Crippen molar-refractivity contribution in [2.24, 2.45) is 0 Å². The fourth-order valence-corrected chi connectivity index (χ4v) is 3.72. The molecule has 0 saturated carbocycles. The lowest BCUT2D eigenvalue weighted by Crippen LogP contribution is -2.18. The summed E-state index contributed by atoms with van der Waals surface area (Å²) in [6, 6.07) is 3.78. The number of ether oxygens (including phenoxy) is 1. The molecule has 7 heteroatoms. The summed E-state index contributed by atoms with van der Waals surface area (Å²) < 4.78 is 10.6. The number of fused-ring (bicyclic) bond motifs is 1. The maximum absolute atomic E-state index is 12.2. The summed E-state index contributed by atoms with van der Waals surface area (Å²) in [5.74, 6) is 1.99. The molecule has 3 heterocycles. The summed E-state index contributed by atoms with van der Waals surface area (Å²) in [4.78, 5) is 24.6. The molecule has 0 saturated heterocycles. The third-order valence-electron chi connectivity index (χ3n) is 3.68. The zero-order valence-corrected chi connectivity index (χ0v) is 14.9. The van der Waals surface area contributed by atoms with E-state index in [4.69, 9.17) is 9.15 Å². The number of rotatable bonds is 5. The largest absolute Gasteiger partial charge is 0.467 e. The molecule has 126 valence electrons. The van der Waals surface area contributed by atoms with Crippen molar-refractivity contribution in [1.82, 2.24) is 9.97 Å². The quantitative estimate of drug-likeness (QED) is 0.657. The van der Waals surface area contributed by atoms with Crippen molar-refractivity contribution >= 4 is 33.3 Å². The van der Waals surface area contributed by atoms with Gasteiger partial charge in [0.2, 0.25) is 0 Å². The molecule has 0 radical (unpaired) electrons. The van der Waals surface area contributed by atoms with Gasteiger partial charge in [-0.3, -0.25) is 0 Å². The molecule has 3 aromatic heterocycles. The van der Waals surface area contributed by atoms with Crippen LogP contribution in [0.1, 0.15) is 33.7 Å². The average Bonchev–Trinajstić information content (AvgIpc) is 3.15. The second kappa shape index (κ2) is 6.60. The van der Waals surface area contributed by atoms with Crippen LogP contribution >= 0.6 is 11.3 Å². The minimum absolute atomic E-state index is 0.310. The normalized spacial score (nSPS) is 11.0. The van der Waals surface area contributed by atoms with E-state index in [1.807, 2.05) is 37.9 Å².